The predicted octanol–water partition coefficient (Wildman–Crippen LogP) is 1.65. The van der Waals surface area contributed by atoms with Crippen LogP contribution >= 0.6 is 11.6 Å². The molecule has 1 aliphatic rings. The first-order valence-electron chi connectivity index (χ1n) is 5.18. The molecule has 1 aliphatic heterocycles. The van der Waals surface area contributed by atoms with Crippen LogP contribution < -0.4 is 0 Å². The van der Waals surface area contributed by atoms with Crippen molar-refractivity contribution in [3.63, 3.8) is 0 Å². The monoisotopic (exact) mass is 226 g/mol. The molecule has 1 fully saturated rings. The number of alkyl halides is 1. The van der Waals surface area contributed by atoms with Gasteiger partial charge in [0.2, 0.25) is 0 Å². The zero-order valence-electron chi connectivity index (χ0n) is 8.66. The summed E-state index contributed by atoms with van der Waals surface area (Å²) in [5.74, 6) is 0.533. The Hall–Kier alpha value is -0.640. The first-order valence-corrected chi connectivity index (χ1v) is 5.72. The fourth-order valence-electron chi connectivity index (χ4n) is 1.62. The Kier molecular flexibility index (Phi) is 3.94. The molecular formula is C11H15ClN2O. The third kappa shape index (κ3) is 3.16. The molecule has 0 N–H and O–H groups in total. The van der Waals surface area contributed by atoms with Gasteiger partial charge in [-0.3, -0.25) is 9.88 Å². The summed E-state index contributed by atoms with van der Waals surface area (Å²) in [4.78, 5) is 6.73. The van der Waals surface area contributed by atoms with Gasteiger partial charge in [-0.15, -0.1) is 11.6 Å². The van der Waals surface area contributed by atoms with Crippen LogP contribution in [0.4, 0.5) is 0 Å². The van der Waals surface area contributed by atoms with Crippen molar-refractivity contribution in [1.82, 2.24) is 9.88 Å². The summed E-state index contributed by atoms with van der Waals surface area (Å²) in [6.45, 7) is 4.57. The van der Waals surface area contributed by atoms with E-state index in [1.165, 1.54) is 0 Å². The van der Waals surface area contributed by atoms with Gasteiger partial charge in [-0.2, -0.15) is 0 Å². The number of ether oxygens (including phenoxy) is 1. The second-order valence-corrected chi connectivity index (χ2v) is 3.95. The summed E-state index contributed by atoms with van der Waals surface area (Å²) < 4.78 is 5.29. The maximum absolute atomic E-state index is 5.70. The van der Waals surface area contributed by atoms with E-state index in [4.69, 9.17) is 16.3 Å². The van der Waals surface area contributed by atoms with Gasteiger partial charge in [-0.25, -0.2) is 0 Å². The first-order chi connectivity index (χ1) is 7.38. The van der Waals surface area contributed by atoms with Gasteiger partial charge in [-0.05, 0) is 11.6 Å². The van der Waals surface area contributed by atoms with Crippen molar-refractivity contribution in [3.8, 4) is 0 Å². The molecule has 82 valence electrons. The second kappa shape index (κ2) is 5.45. The van der Waals surface area contributed by atoms with Crippen LogP contribution in [0.3, 0.4) is 0 Å². The van der Waals surface area contributed by atoms with Gasteiger partial charge in [0.1, 0.15) is 0 Å². The lowest BCUT2D eigenvalue weighted by Gasteiger charge is -2.26. The summed E-state index contributed by atoms with van der Waals surface area (Å²) in [6.07, 6.45) is 1.85. The minimum atomic E-state index is 0.533. The highest BCUT2D eigenvalue weighted by atomic mass is 35.5. The Morgan fingerprint density at radius 3 is 2.73 bits per heavy atom. The molecule has 1 aromatic rings. The molecule has 1 aromatic heterocycles. The van der Waals surface area contributed by atoms with Crippen LogP contribution in [-0.2, 0) is 17.2 Å². The van der Waals surface area contributed by atoms with Gasteiger partial charge >= 0.3 is 0 Å². The molecule has 1 saturated heterocycles. The normalized spacial score (nSPS) is 17.9. The maximum atomic E-state index is 5.70. The number of hydrogen-bond donors (Lipinski definition) is 0. The van der Waals surface area contributed by atoms with Gasteiger partial charge < -0.3 is 4.74 Å². The summed E-state index contributed by atoms with van der Waals surface area (Å²) in [5.41, 5.74) is 2.17. The average molecular weight is 227 g/mol. The topological polar surface area (TPSA) is 25.4 Å². The van der Waals surface area contributed by atoms with E-state index in [9.17, 15) is 0 Å². The summed E-state index contributed by atoms with van der Waals surface area (Å²) in [7, 11) is 0. The molecule has 0 aromatic carbocycles. The van der Waals surface area contributed by atoms with E-state index >= 15 is 0 Å². The zero-order valence-corrected chi connectivity index (χ0v) is 9.41. The Balaban J connectivity index is 1.91. The van der Waals surface area contributed by atoms with Crippen LogP contribution in [0.5, 0.6) is 0 Å². The first kappa shape index (κ1) is 10.9. The van der Waals surface area contributed by atoms with Gasteiger partial charge in [0, 0.05) is 31.7 Å². The van der Waals surface area contributed by atoms with E-state index < -0.39 is 0 Å². The summed E-state index contributed by atoms with van der Waals surface area (Å²) in [6, 6.07) is 4.09. The number of halogens is 1. The molecule has 3 nitrogen and oxygen atoms in total. The fraction of sp³-hybridized carbons (Fsp3) is 0.545. The molecule has 0 saturated carbocycles. The molecule has 2 heterocycles. The van der Waals surface area contributed by atoms with Gasteiger partial charge in [0.25, 0.3) is 0 Å². The van der Waals surface area contributed by atoms with Gasteiger partial charge in [0.05, 0.1) is 18.9 Å². The molecule has 0 amide bonds. The predicted molar refractivity (Wildman–Crippen MR) is 59.9 cm³/mol. The molecule has 4 heteroatoms. The molecule has 2 rings (SSSR count). The van der Waals surface area contributed by atoms with Crippen molar-refractivity contribution in [3.05, 3.63) is 29.6 Å². The molecule has 0 spiro atoms. The van der Waals surface area contributed by atoms with E-state index in [1.54, 1.807) is 0 Å². The molecule has 0 radical (unpaired) electrons. The van der Waals surface area contributed by atoms with E-state index in [1.807, 2.05) is 18.3 Å². The van der Waals surface area contributed by atoms with Crippen molar-refractivity contribution in [2.75, 3.05) is 26.3 Å². The van der Waals surface area contributed by atoms with Crippen LogP contribution in [0.1, 0.15) is 11.3 Å². The van der Waals surface area contributed by atoms with E-state index in [2.05, 4.69) is 9.88 Å². The summed E-state index contributed by atoms with van der Waals surface area (Å²) in [5, 5.41) is 0. The van der Waals surface area contributed by atoms with E-state index in [-0.39, 0.29) is 0 Å². The van der Waals surface area contributed by atoms with Crippen molar-refractivity contribution in [1.29, 1.82) is 0 Å². The lowest BCUT2D eigenvalue weighted by Crippen LogP contribution is -2.35. The van der Waals surface area contributed by atoms with Gasteiger partial charge in [0.15, 0.2) is 0 Å². The van der Waals surface area contributed by atoms with Crippen LogP contribution in [0.25, 0.3) is 0 Å². The molecular weight excluding hydrogens is 212 g/mol. The Morgan fingerprint density at radius 1 is 1.33 bits per heavy atom. The minimum absolute atomic E-state index is 0.533. The average Bonchev–Trinajstić information content (AvgIpc) is 2.31. The fourth-order valence-corrected chi connectivity index (χ4v) is 1.77. The standard InChI is InChI=1S/C11H15ClN2O/c12-7-10-1-2-11(13-8-10)9-14-3-5-15-6-4-14/h1-2,8H,3-7,9H2. The molecule has 0 aliphatic carbocycles. The molecule has 0 atom stereocenters. The Bertz CT molecular complexity index is 296. The number of aromatic nitrogens is 1. The van der Waals surface area contributed by atoms with Crippen LogP contribution in [0.2, 0.25) is 0 Å². The molecule has 15 heavy (non-hydrogen) atoms. The number of pyridine rings is 1. The van der Waals surface area contributed by atoms with Gasteiger partial charge in [-0.1, -0.05) is 6.07 Å². The van der Waals surface area contributed by atoms with Crippen LogP contribution in [-0.4, -0.2) is 36.2 Å². The molecule has 0 unspecified atom stereocenters. The third-order valence-electron chi connectivity index (χ3n) is 2.53. The second-order valence-electron chi connectivity index (χ2n) is 3.68. The van der Waals surface area contributed by atoms with Crippen molar-refractivity contribution < 1.29 is 4.74 Å². The molecule has 0 bridgehead atoms. The van der Waals surface area contributed by atoms with E-state index in [0.29, 0.717) is 5.88 Å². The highest BCUT2D eigenvalue weighted by Gasteiger charge is 2.10. The maximum Gasteiger partial charge on any atom is 0.0594 e. The lowest BCUT2D eigenvalue weighted by molar-refractivity contribution is 0.0336. The Morgan fingerprint density at radius 2 is 2.13 bits per heavy atom. The third-order valence-corrected chi connectivity index (χ3v) is 2.84. The largest absolute Gasteiger partial charge is 0.379 e. The number of morpholine rings is 1. The lowest BCUT2D eigenvalue weighted by atomic mass is 10.2. The van der Waals surface area contributed by atoms with Crippen molar-refractivity contribution >= 4 is 11.6 Å². The van der Waals surface area contributed by atoms with Crippen molar-refractivity contribution in [2.45, 2.75) is 12.4 Å². The SMILES string of the molecule is ClCc1ccc(CN2CCOCC2)nc1. The zero-order chi connectivity index (χ0) is 10.5. The van der Waals surface area contributed by atoms with E-state index in [0.717, 1.165) is 44.1 Å². The van der Waals surface area contributed by atoms with Crippen LogP contribution in [0.15, 0.2) is 18.3 Å². The number of nitrogens with zero attached hydrogens (tertiary/aromatic N) is 2. The minimum Gasteiger partial charge on any atom is -0.379 e. The summed E-state index contributed by atoms with van der Waals surface area (Å²) >= 11 is 5.70. The Labute approximate surface area is 95.0 Å². The quantitative estimate of drug-likeness (QED) is 0.733. The smallest absolute Gasteiger partial charge is 0.0594 e. The number of rotatable bonds is 3. The highest BCUT2D eigenvalue weighted by molar-refractivity contribution is 6.17. The van der Waals surface area contributed by atoms with Crippen molar-refractivity contribution in [2.24, 2.45) is 0 Å². The van der Waals surface area contributed by atoms with Crippen LogP contribution in [0, 0.1) is 0 Å². The number of hydrogen-bond acceptors (Lipinski definition) is 3. The highest BCUT2D eigenvalue weighted by Crippen LogP contribution is 2.07.